The highest BCUT2D eigenvalue weighted by atomic mass is 33.1. The number of fused-ring (bicyclic) bond motifs is 1. The zero-order chi connectivity index (χ0) is 8.55. The fourth-order valence-corrected chi connectivity index (χ4v) is 2.72. The highest BCUT2D eigenvalue weighted by molar-refractivity contribution is 8.77. The van der Waals surface area contributed by atoms with Gasteiger partial charge in [-0.1, -0.05) is 6.07 Å². The molecule has 0 spiro atoms. The molecule has 0 aliphatic heterocycles. The molecule has 0 saturated heterocycles. The number of thiol groups is 2. The van der Waals surface area contributed by atoms with Crippen LogP contribution in [0.3, 0.4) is 0 Å². The van der Waals surface area contributed by atoms with Crippen LogP contribution in [0.5, 0.6) is 0 Å². The molecular formula is C9H11NS2. The van der Waals surface area contributed by atoms with Gasteiger partial charge in [0.05, 0.1) is 0 Å². The van der Waals surface area contributed by atoms with Gasteiger partial charge in [0.2, 0.25) is 0 Å². The molecular weight excluding hydrogens is 186 g/mol. The molecule has 0 amide bonds. The fraction of sp³-hybridized carbons (Fsp3) is 0.111. The SMILES string of the molecule is C[SH](S)c1cccc2[nH]ccc12. The second kappa shape index (κ2) is 3.07. The molecule has 1 nitrogen and oxygen atoms in total. The second-order valence-corrected chi connectivity index (χ2v) is 6.07. The Morgan fingerprint density at radius 1 is 1.33 bits per heavy atom. The third-order valence-electron chi connectivity index (χ3n) is 1.92. The van der Waals surface area contributed by atoms with Crippen molar-refractivity contribution in [2.75, 3.05) is 6.26 Å². The van der Waals surface area contributed by atoms with E-state index >= 15 is 0 Å². The third kappa shape index (κ3) is 1.23. The lowest BCUT2D eigenvalue weighted by atomic mass is 10.2. The molecule has 1 N–H and O–H groups in total. The van der Waals surface area contributed by atoms with Crippen LogP contribution in [0.25, 0.3) is 10.9 Å². The van der Waals surface area contributed by atoms with E-state index in [1.54, 1.807) is 0 Å². The molecule has 12 heavy (non-hydrogen) atoms. The summed E-state index contributed by atoms with van der Waals surface area (Å²) in [7, 11) is -0.295. The summed E-state index contributed by atoms with van der Waals surface area (Å²) in [6.07, 6.45) is 4.13. The quantitative estimate of drug-likeness (QED) is 0.460. The first-order valence-electron chi connectivity index (χ1n) is 3.78. The van der Waals surface area contributed by atoms with Crippen molar-refractivity contribution in [2.45, 2.75) is 4.90 Å². The lowest BCUT2D eigenvalue weighted by Crippen LogP contribution is -1.75. The maximum atomic E-state index is 4.49. The first kappa shape index (κ1) is 8.08. The highest BCUT2D eigenvalue weighted by Crippen LogP contribution is 2.40. The number of hydrogen-bond acceptors (Lipinski definition) is 1. The zero-order valence-corrected chi connectivity index (χ0v) is 8.57. The van der Waals surface area contributed by atoms with E-state index in [4.69, 9.17) is 0 Å². The second-order valence-electron chi connectivity index (χ2n) is 2.74. The Balaban J connectivity index is 2.73. The highest BCUT2D eigenvalue weighted by Gasteiger charge is 2.02. The number of H-pyrrole nitrogens is 1. The van der Waals surface area contributed by atoms with Gasteiger partial charge in [-0.05, 0) is 24.5 Å². The Morgan fingerprint density at radius 3 is 2.92 bits per heavy atom. The molecule has 0 aliphatic rings. The summed E-state index contributed by atoms with van der Waals surface area (Å²) in [5.74, 6) is 0. The van der Waals surface area contributed by atoms with Crippen LogP contribution in [0.15, 0.2) is 35.4 Å². The van der Waals surface area contributed by atoms with Gasteiger partial charge in [-0.15, -0.1) is 11.7 Å². The summed E-state index contributed by atoms with van der Waals surface area (Å²) < 4.78 is 0. The molecule has 1 aromatic heterocycles. The van der Waals surface area contributed by atoms with Gasteiger partial charge in [-0.25, -0.2) is 0 Å². The molecule has 0 fully saturated rings. The van der Waals surface area contributed by atoms with Crippen LogP contribution in [0.4, 0.5) is 0 Å². The number of aromatic amines is 1. The molecule has 2 rings (SSSR count). The third-order valence-corrected chi connectivity index (χ3v) is 3.65. The van der Waals surface area contributed by atoms with Crippen molar-refractivity contribution in [3.8, 4) is 0 Å². The zero-order valence-electron chi connectivity index (χ0n) is 6.78. The predicted octanol–water partition coefficient (Wildman–Crippen LogP) is 3.00. The first-order valence-corrected chi connectivity index (χ1v) is 6.72. The maximum Gasteiger partial charge on any atom is 0.0464 e. The van der Waals surface area contributed by atoms with Gasteiger partial charge < -0.3 is 4.98 Å². The van der Waals surface area contributed by atoms with E-state index in [1.165, 1.54) is 15.8 Å². The summed E-state index contributed by atoms with van der Waals surface area (Å²) in [5.41, 5.74) is 1.20. The molecule has 1 heterocycles. The van der Waals surface area contributed by atoms with E-state index in [0.717, 1.165) is 0 Å². The molecule has 0 aliphatic carbocycles. The minimum atomic E-state index is -0.295. The number of aromatic nitrogens is 1. The molecule has 0 bridgehead atoms. The normalized spacial score (nSPS) is 15.0. The summed E-state index contributed by atoms with van der Waals surface area (Å²) in [6, 6.07) is 8.42. The van der Waals surface area contributed by atoms with Crippen LogP contribution >= 0.6 is 21.6 Å². The van der Waals surface area contributed by atoms with E-state index in [0.29, 0.717) is 0 Å². The lowest BCUT2D eigenvalue weighted by Gasteiger charge is -2.09. The molecule has 3 heteroatoms. The van der Waals surface area contributed by atoms with Crippen LogP contribution in [0.2, 0.25) is 0 Å². The van der Waals surface area contributed by atoms with E-state index in [1.807, 2.05) is 6.20 Å². The fourth-order valence-electron chi connectivity index (χ4n) is 1.35. The van der Waals surface area contributed by atoms with Gasteiger partial charge in [0, 0.05) is 22.0 Å². The lowest BCUT2D eigenvalue weighted by molar-refractivity contribution is 1.47. The Morgan fingerprint density at radius 2 is 2.17 bits per heavy atom. The minimum Gasteiger partial charge on any atom is -0.361 e. The van der Waals surface area contributed by atoms with E-state index in [2.05, 4.69) is 47.2 Å². The molecule has 64 valence electrons. The van der Waals surface area contributed by atoms with Gasteiger partial charge in [0.15, 0.2) is 0 Å². The van der Waals surface area contributed by atoms with Crippen molar-refractivity contribution in [3.05, 3.63) is 30.5 Å². The largest absolute Gasteiger partial charge is 0.361 e. The van der Waals surface area contributed by atoms with Crippen molar-refractivity contribution in [1.29, 1.82) is 0 Å². The molecule has 0 saturated carbocycles. The van der Waals surface area contributed by atoms with Crippen molar-refractivity contribution >= 4 is 32.5 Å². The van der Waals surface area contributed by atoms with Crippen LogP contribution in [-0.4, -0.2) is 11.2 Å². The van der Waals surface area contributed by atoms with Gasteiger partial charge >= 0.3 is 0 Å². The van der Waals surface area contributed by atoms with Gasteiger partial charge in [0.25, 0.3) is 0 Å². The predicted molar refractivity (Wildman–Crippen MR) is 60.5 cm³/mol. The Kier molecular flexibility index (Phi) is 2.07. The number of benzene rings is 1. The summed E-state index contributed by atoms with van der Waals surface area (Å²) >= 11 is 4.49. The van der Waals surface area contributed by atoms with E-state index in [9.17, 15) is 0 Å². The molecule has 1 unspecified atom stereocenters. The van der Waals surface area contributed by atoms with E-state index in [-0.39, 0.29) is 9.93 Å². The average Bonchev–Trinajstić information content (AvgIpc) is 2.49. The van der Waals surface area contributed by atoms with Crippen LogP contribution in [-0.2, 0) is 0 Å². The van der Waals surface area contributed by atoms with Crippen LogP contribution < -0.4 is 0 Å². The molecule has 1 aromatic carbocycles. The molecule has 2 aromatic rings. The smallest absolute Gasteiger partial charge is 0.0464 e. The van der Waals surface area contributed by atoms with Crippen molar-refractivity contribution in [2.24, 2.45) is 0 Å². The maximum absolute atomic E-state index is 4.49. The monoisotopic (exact) mass is 197 g/mol. The van der Waals surface area contributed by atoms with Crippen molar-refractivity contribution in [3.63, 3.8) is 0 Å². The molecule has 0 radical (unpaired) electrons. The number of hydrogen-bond donors (Lipinski definition) is 3. The topological polar surface area (TPSA) is 15.8 Å². The Bertz CT molecular complexity index is 392. The first-order chi connectivity index (χ1) is 5.79. The van der Waals surface area contributed by atoms with Crippen molar-refractivity contribution in [1.82, 2.24) is 4.98 Å². The summed E-state index contributed by atoms with van der Waals surface area (Å²) in [6.45, 7) is 0. The van der Waals surface area contributed by atoms with Gasteiger partial charge in [-0.2, -0.15) is 9.93 Å². The van der Waals surface area contributed by atoms with Crippen LogP contribution in [0.1, 0.15) is 0 Å². The molecule has 1 atom stereocenters. The Labute approximate surface area is 79.3 Å². The van der Waals surface area contributed by atoms with Gasteiger partial charge in [-0.3, -0.25) is 0 Å². The number of rotatable bonds is 1. The minimum absolute atomic E-state index is 0.295. The standard InChI is InChI=1S/C9H11NS2/c1-12(11)9-4-2-3-8-7(9)5-6-10-8/h2-6,10-12H,1H3. The van der Waals surface area contributed by atoms with Gasteiger partial charge in [0.1, 0.15) is 0 Å². The number of nitrogens with one attached hydrogen (secondary N) is 1. The van der Waals surface area contributed by atoms with Crippen LogP contribution in [0, 0.1) is 0 Å². The van der Waals surface area contributed by atoms with Crippen molar-refractivity contribution < 1.29 is 0 Å². The summed E-state index contributed by atoms with van der Waals surface area (Å²) in [4.78, 5) is 4.55. The average molecular weight is 197 g/mol. The Hall–Kier alpha value is -0.540. The summed E-state index contributed by atoms with van der Waals surface area (Å²) in [5, 5.41) is 1.31. The van der Waals surface area contributed by atoms with E-state index < -0.39 is 0 Å².